The molecule has 0 bridgehead atoms. The monoisotopic (exact) mass is 216 g/mol. The fourth-order valence-electron chi connectivity index (χ4n) is 1.12. The summed E-state index contributed by atoms with van der Waals surface area (Å²) in [6.45, 7) is 5.26. The van der Waals surface area contributed by atoms with Gasteiger partial charge >= 0.3 is 6.03 Å². The lowest BCUT2D eigenvalue weighted by Crippen LogP contribution is -2.45. The fourth-order valence-corrected chi connectivity index (χ4v) is 1.12. The van der Waals surface area contributed by atoms with Gasteiger partial charge in [-0.3, -0.25) is 0 Å². The van der Waals surface area contributed by atoms with Crippen LogP contribution in [0, 0.1) is 0 Å². The maximum atomic E-state index is 11.8. The van der Waals surface area contributed by atoms with E-state index in [-0.39, 0.29) is 18.4 Å². The Labute approximate surface area is 90.3 Å². The molecule has 6 nitrogen and oxygen atoms in total. The first-order valence-corrected chi connectivity index (χ1v) is 5.03. The Balaban J connectivity index is 4.44. The molecular formula is C9H20N4O2. The topological polar surface area (TPSA) is 82.2 Å². The Hall–Kier alpha value is -1.46. The van der Waals surface area contributed by atoms with Crippen LogP contribution in [0.15, 0.2) is 5.16 Å². The minimum absolute atomic E-state index is 0.0429. The lowest BCUT2D eigenvalue weighted by atomic mass is 10.4. The quantitative estimate of drug-likeness (QED) is 0.304. The number of rotatable bonds is 5. The molecule has 0 aromatic carbocycles. The van der Waals surface area contributed by atoms with E-state index in [4.69, 9.17) is 10.9 Å². The lowest BCUT2D eigenvalue weighted by molar-refractivity contribution is 0.171. The van der Waals surface area contributed by atoms with E-state index in [0.29, 0.717) is 13.1 Å². The number of carbonyl (C=O) groups is 1. The molecule has 2 amide bonds. The van der Waals surface area contributed by atoms with Crippen LogP contribution in [0.1, 0.15) is 20.3 Å². The molecule has 0 fully saturated rings. The summed E-state index contributed by atoms with van der Waals surface area (Å²) in [6, 6.07) is -0.106. The molecule has 15 heavy (non-hydrogen) atoms. The van der Waals surface area contributed by atoms with Crippen LogP contribution in [0.2, 0.25) is 0 Å². The van der Waals surface area contributed by atoms with E-state index in [1.807, 2.05) is 13.8 Å². The molecule has 0 aliphatic heterocycles. The minimum atomic E-state index is -0.106. The molecule has 0 rings (SSSR count). The number of oxime groups is 1. The van der Waals surface area contributed by atoms with E-state index in [1.165, 1.54) is 0 Å². The largest absolute Gasteiger partial charge is 0.409 e. The summed E-state index contributed by atoms with van der Waals surface area (Å²) in [5.74, 6) is 0.0429. The van der Waals surface area contributed by atoms with Crippen LogP contribution in [-0.4, -0.2) is 53.6 Å². The van der Waals surface area contributed by atoms with Gasteiger partial charge < -0.3 is 20.7 Å². The molecule has 0 aromatic heterocycles. The van der Waals surface area contributed by atoms with Crippen molar-refractivity contribution in [1.29, 1.82) is 0 Å². The first-order chi connectivity index (χ1) is 7.06. The van der Waals surface area contributed by atoms with Crippen molar-refractivity contribution in [3.8, 4) is 0 Å². The molecule has 88 valence electrons. The molecule has 3 N–H and O–H groups in total. The molecule has 0 spiro atoms. The Morgan fingerprint density at radius 1 is 1.47 bits per heavy atom. The van der Waals surface area contributed by atoms with Gasteiger partial charge in [0.05, 0.1) is 6.54 Å². The van der Waals surface area contributed by atoms with Crippen molar-refractivity contribution in [3.05, 3.63) is 0 Å². The van der Waals surface area contributed by atoms with Crippen LogP contribution in [0.3, 0.4) is 0 Å². The Morgan fingerprint density at radius 2 is 2.07 bits per heavy atom. The number of urea groups is 1. The standard InChI is InChI=1S/C9H20N4O2/c1-4-6-13(7-8(10)11-15)9(14)12(3)5-2/h15H,4-7H2,1-3H3,(H2,10,11). The fraction of sp³-hybridized carbons (Fsp3) is 0.778. The van der Waals surface area contributed by atoms with Crippen molar-refractivity contribution < 1.29 is 10.0 Å². The van der Waals surface area contributed by atoms with Gasteiger partial charge in [0.1, 0.15) is 0 Å². The average Bonchev–Trinajstić information content (AvgIpc) is 2.26. The lowest BCUT2D eigenvalue weighted by Gasteiger charge is -2.26. The van der Waals surface area contributed by atoms with E-state index < -0.39 is 0 Å². The van der Waals surface area contributed by atoms with Crippen LogP contribution in [0.25, 0.3) is 0 Å². The van der Waals surface area contributed by atoms with Crippen LogP contribution in [0.5, 0.6) is 0 Å². The Kier molecular flexibility index (Phi) is 6.24. The molecule has 0 radical (unpaired) electrons. The van der Waals surface area contributed by atoms with Gasteiger partial charge in [-0.05, 0) is 13.3 Å². The van der Waals surface area contributed by atoms with Crippen LogP contribution >= 0.6 is 0 Å². The molecular weight excluding hydrogens is 196 g/mol. The highest BCUT2D eigenvalue weighted by Gasteiger charge is 2.16. The van der Waals surface area contributed by atoms with E-state index in [9.17, 15) is 4.79 Å². The zero-order chi connectivity index (χ0) is 11.8. The van der Waals surface area contributed by atoms with Gasteiger partial charge in [0, 0.05) is 20.1 Å². The second-order valence-corrected chi connectivity index (χ2v) is 3.31. The average molecular weight is 216 g/mol. The third-order valence-corrected chi connectivity index (χ3v) is 2.05. The Bertz CT molecular complexity index is 230. The van der Waals surface area contributed by atoms with Gasteiger partial charge in [-0.1, -0.05) is 12.1 Å². The number of carbonyl (C=O) groups excluding carboxylic acids is 1. The highest BCUT2D eigenvalue weighted by molar-refractivity contribution is 5.86. The maximum absolute atomic E-state index is 11.8. The molecule has 0 unspecified atom stereocenters. The number of hydrogen-bond acceptors (Lipinski definition) is 3. The summed E-state index contributed by atoms with van der Waals surface area (Å²) in [4.78, 5) is 14.9. The molecule has 0 atom stereocenters. The highest BCUT2D eigenvalue weighted by Crippen LogP contribution is 1.98. The maximum Gasteiger partial charge on any atom is 0.320 e. The normalized spacial score (nSPS) is 11.3. The summed E-state index contributed by atoms with van der Waals surface area (Å²) in [5.41, 5.74) is 5.37. The van der Waals surface area contributed by atoms with Gasteiger partial charge in [0.25, 0.3) is 0 Å². The molecule has 0 saturated heterocycles. The first kappa shape index (κ1) is 13.5. The van der Waals surface area contributed by atoms with Crippen molar-refractivity contribution in [2.75, 3.05) is 26.7 Å². The number of nitrogens with zero attached hydrogens (tertiary/aromatic N) is 3. The van der Waals surface area contributed by atoms with Crippen molar-refractivity contribution in [3.63, 3.8) is 0 Å². The van der Waals surface area contributed by atoms with Crippen molar-refractivity contribution >= 4 is 11.9 Å². The second-order valence-electron chi connectivity index (χ2n) is 3.31. The third kappa shape index (κ3) is 4.53. The third-order valence-electron chi connectivity index (χ3n) is 2.05. The van der Waals surface area contributed by atoms with Gasteiger partial charge in [0.15, 0.2) is 5.84 Å². The van der Waals surface area contributed by atoms with Crippen molar-refractivity contribution in [2.24, 2.45) is 10.9 Å². The number of amidine groups is 1. The van der Waals surface area contributed by atoms with Crippen LogP contribution in [-0.2, 0) is 0 Å². The molecule has 0 aromatic rings. The molecule has 0 aliphatic carbocycles. The zero-order valence-corrected chi connectivity index (χ0v) is 9.60. The van der Waals surface area contributed by atoms with Gasteiger partial charge in [-0.25, -0.2) is 4.79 Å². The van der Waals surface area contributed by atoms with E-state index >= 15 is 0 Å². The van der Waals surface area contributed by atoms with Gasteiger partial charge in [-0.15, -0.1) is 0 Å². The van der Waals surface area contributed by atoms with Gasteiger partial charge in [0.2, 0.25) is 0 Å². The van der Waals surface area contributed by atoms with E-state index in [1.54, 1.807) is 16.8 Å². The summed E-state index contributed by atoms with van der Waals surface area (Å²) in [6.07, 6.45) is 0.835. The van der Waals surface area contributed by atoms with E-state index in [0.717, 1.165) is 6.42 Å². The molecule has 0 aliphatic rings. The summed E-state index contributed by atoms with van der Waals surface area (Å²) in [5, 5.41) is 11.3. The Morgan fingerprint density at radius 3 is 2.47 bits per heavy atom. The minimum Gasteiger partial charge on any atom is -0.409 e. The second kappa shape index (κ2) is 6.92. The smallest absolute Gasteiger partial charge is 0.320 e. The first-order valence-electron chi connectivity index (χ1n) is 5.03. The molecule has 0 heterocycles. The van der Waals surface area contributed by atoms with Crippen molar-refractivity contribution in [1.82, 2.24) is 9.80 Å². The highest BCUT2D eigenvalue weighted by atomic mass is 16.4. The van der Waals surface area contributed by atoms with Crippen LogP contribution in [0.4, 0.5) is 4.79 Å². The van der Waals surface area contributed by atoms with Crippen LogP contribution < -0.4 is 5.73 Å². The van der Waals surface area contributed by atoms with E-state index in [2.05, 4.69) is 5.16 Å². The number of nitrogens with two attached hydrogens (primary N) is 1. The number of amides is 2. The predicted molar refractivity (Wildman–Crippen MR) is 59.0 cm³/mol. The predicted octanol–water partition coefficient (Wildman–Crippen LogP) is 0.516. The van der Waals surface area contributed by atoms with Crippen molar-refractivity contribution in [2.45, 2.75) is 20.3 Å². The van der Waals surface area contributed by atoms with Gasteiger partial charge in [-0.2, -0.15) is 0 Å². The number of hydrogen-bond donors (Lipinski definition) is 2. The SMILES string of the molecule is CCCN(CC(N)=NO)C(=O)N(C)CC. The zero-order valence-electron chi connectivity index (χ0n) is 9.60. The summed E-state index contributed by atoms with van der Waals surface area (Å²) < 4.78 is 0. The summed E-state index contributed by atoms with van der Waals surface area (Å²) >= 11 is 0. The summed E-state index contributed by atoms with van der Waals surface area (Å²) in [7, 11) is 1.72. The molecule has 6 heteroatoms. The molecule has 0 saturated carbocycles.